The number of hydrogen-bond donors (Lipinski definition) is 0. The lowest BCUT2D eigenvalue weighted by Gasteiger charge is -2.33. The van der Waals surface area contributed by atoms with Gasteiger partial charge in [0, 0.05) is 24.5 Å². The molecule has 0 unspecified atom stereocenters. The van der Waals surface area contributed by atoms with Crippen LogP contribution in [-0.2, 0) is 6.18 Å². The van der Waals surface area contributed by atoms with Crippen LogP contribution in [0.15, 0.2) is 42.9 Å². The highest BCUT2D eigenvalue weighted by atomic mass is 19.4. The highest BCUT2D eigenvalue weighted by Crippen LogP contribution is 2.40. The zero-order valence-corrected chi connectivity index (χ0v) is 17.0. The summed E-state index contributed by atoms with van der Waals surface area (Å²) in [5, 5.41) is 8.22. The molecule has 3 atom stereocenters. The van der Waals surface area contributed by atoms with Gasteiger partial charge in [-0.15, -0.1) is 4.80 Å². The summed E-state index contributed by atoms with van der Waals surface area (Å²) in [5.41, 5.74) is 0.589. The van der Waals surface area contributed by atoms with Crippen LogP contribution >= 0.6 is 0 Å². The summed E-state index contributed by atoms with van der Waals surface area (Å²) < 4.78 is 44.2. The molecule has 0 radical (unpaired) electrons. The first-order valence-electron chi connectivity index (χ1n) is 10.1. The van der Waals surface area contributed by atoms with E-state index in [9.17, 15) is 18.0 Å². The van der Waals surface area contributed by atoms with Gasteiger partial charge >= 0.3 is 6.18 Å². The lowest BCUT2D eigenvalue weighted by atomic mass is 10.1. The van der Waals surface area contributed by atoms with Gasteiger partial charge in [0.2, 0.25) is 5.88 Å². The molecular formula is C21H19F3N6O2. The molecule has 1 aliphatic heterocycles. The van der Waals surface area contributed by atoms with Crippen LogP contribution in [-0.4, -0.2) is 54.5 Å². The molecule has 3 aromatic rings. The van der Waals surface area contributed by atoms with Gasteiger partial charge in [0.05, 0.1) is 24.0 Å². The van der Waals surface area contributed by atoms with Crippen LogP contribution in [0.1, 0.15) is 34.6 Å². The van der Waals surface area contributed by atoms with Crippen molar-refractivity contribution >= 4 is 5.91 Å². The summed E-state index contributed by atoms with van der Waals surface area (Å²) in [5.74, 6) is 0.111. The van der Waals surface area contributed by atoms with Crippen molar-refractivity contribution in [2.45, 2.75) is 38.1 Å². The second-order valence-electron chi connectivity index (χ2n) is 8.04. The molecule has 5 rings (SSSR count). The Balaban J connectivity index is 1.37. The first-order chi connectivity index (χ1) is 15.3. The van der Waals surface area contributed by atoms with Crippen LogP contribution in [0.3, 0.4) is 0 Å². The first kappa shape index (κ1) is 20.4. The monoisotopic (exact) mass is 444 g/mol. The van der Waals surface area contributed by atoms with E-state index in [2.05, 4.69) is 20.2 Å². The van der Waals surface area contributed by atoms with E-state index in [4.69, 9.17) is 4.74 Å². The number of aryl methyl sites for hydroxylation is 1. The fourth-order valence-corrected chi connectivity index (χ4v) is 4.44. The van der Waals surface area contributed by atoms with Crippen LogP contribution in [0.25, 0.3) is 5.69 Å². The Hall–Kier alpha value is -3.50. The maximum Gasteiger partial charge on any atom is 0.417 e. The minimum atomic E-state index is -4.46. The Morgan fingerprint density at radius 1 is 1.12 bits per heavy atom. The second-order valence-corrected chi connectivity index (χ2v) is 8.04. The zero-order valence-electron chi connectivity index (χ0n) is 17.0. The van der Waals surface area contributed by atoms with Crippen molar-refractivity contribution in [3.8, 4) is 11.6 Å². The number of fused-ring (bicyclic) bond motifs is 2. The summed E-state index contributed by atoms with van der Waals surface area (Å²) in [6, 6.07) is 5.48. The third-order valence-corrected chi connectivity index (χ3v) is 5.87. The Morgan fingerprint density at radius 2 is 1.91 bits per heavy atom. The minimum absolute atomic E-state index is 0.109. The van der Waals surface area contributed by atoms with Crippen LogP contribution in [0.2, 0.25) is 0 Å². The summed E-state index contributed by atoms with van der Waals surface area (Å²) >= 11 is 0. The summed E-state index contributed by atoms with van der Waals surface area (Å²) in [7, 11) is 0. The van der Waals surface area contributed by atoms with Crippen molar-refractivity contribution in [1.29, 1.82) is 0 Å². The molecule has 2 fully saturated rings. The molecule has 2 bridgehead atoms. The number of rotatable bonds is 4. The minimum Gasteiger partial charge on any atom is -0.472 e. The molecule has 0 spiro atoms. The van der Waals surface area contributed by atoms with Gasteiger partial charge in [0.25, 0.3) is 5.91 Å². The van der Waals surface area contributed by atoms with Crippen LogP contribution in [0.4, 0.5) is 13.2 Å². The van der Waals surface area contributed by atoms with Gasteiger partial charge in [-0.3, -0.25) is 4.79 Å². The number of amides is 1. The van der Waals surface area contributed by atoms with E-state index in [1.807, 2.05) is 0 Å². The smallest absolute Gasteiger partial charge is 0.417 e. The number of aromatic nitrogens is 5. The molecule has 1 amide bonds. The second kappa shape index (κ2) is 7.57. The van der Waals surface area contributed by atoms with Crippen LogP contribution < -0.4 is 4.74 Å². The number of piperidine rings is 1. The van der Waals surface area contributed by atoms with Crippen molar-refractivity contribution in [1.82, 2.24) is 29.9 Å². The van der Waals surface area contributed by atoms with E-state index >= 15 is 0 Å². The molecule has 0 aromatic carbocycles. The Morgan fingerprint density at radius 3 is 2.56 bits per heavy atom. The fraction of sp³-hybridized carbons (Fsp3) is 0.381. The molecule has 1 saturated heterocycles. The Bertz CT molecular complexity index is 1130. The molecule has 1 aliphatic carbocycles. The predicted molar refractivity (Wildman–Crippen MR) is 105 cm³/mol. The van der Waals surface area contributed by atoms with Gasteiger partial charge in [0.15, 0.2) is 5.69 Å². The molecule has 1 saturated carbocycles. The third kappa shape index (κ3) is 3.67. The van der Waals surface area contributed by atoms with Crippen LogP contribution in [0.5, 0.6) is 5.88 Å². The molecule has 0 N–H and O–H groups in total. The quantitative estimate of drug-likeness (QED) is 0.615. The standard InChI is InChI=1S/C21H19F3N6O2/c1-12-2-4-15(30-26-6-7-27-30)19(28-12)20(31)29-11-13-8-16(29)17(9-13)32-18-5-3-14(10-25-18)21(22,23)24/h2-7,10,13,16-17H,8-9,11H2,1H3/t13-,16-,17-/m1/s1. The van der Waals surface area contributed by atoms with Gasteiger partial charge in [-0.05, 0) is 43.9 Å². The maximum atomic E-state index is 13.5. The SMILES string of the molecule is Cc1ccc(-n2nccn2)c(C(=O)N2C[C@@H]3C[C@@H]2[C@H](Oc2ccc(C(F)(F)F)cn2)C3)n1. The topological polar surface area (TPSA) is 86.0 Å². The predicted octanol–water partition coefficient (Wildman–Crippen LogP) is 3.07. The molecule has 11 heteroatoms. The highest BCUT2D eigenvalue weighted by molar-refractivity contribution is 5.96. The van der Waals surface area contributed by atoms with Crippen molar-refractivity contribution in [3.05, 3.63) is 59.8 Å². The number of nitrogens with zero attached hydrogens (tertiary/aromatic N) is 6. The Labute approximate surface area is 181 Å². The molecule has 8 nitrogen and oxygen atoms in total. The number of halogens is 3. The van der Waals surface area contributed by atoms with E-state index in [0.717, 1.165) is 18.7 Å². The lowest BCUT2D eigenvalue weighted by Crippen LogP contribution is -2.47. The first-order valence-corrected chi connectivity index (χ1v) is 10.1. The summed E-state index contributed by atoms with van der Waals surface area (Å²) in [6.45, 7) is 2.38. The molecule has 2 aliphatic rings. The number of carbonyl (C=O) groups excluding carboxylic acids is 1. The lowest BCUT2D eigenvalue weighted by molar-refractivity contribution is -0.137. The van der Waals surface area contributed by atoms with E-state index < -0.39 is 11.7 Å². The number of alkyl halides is 3. The third-order valence-electron chi connectivity index (χ3n) is 5.87. The average molecular weight is 444 g/mol. The van der Waals surface area contributed by atoms with Gasteiger partial charge in [-0.25, -0.2) is 9.97 Å². The van der Waals surface area contributed by atoms with Gasteiger partial charge in [-0.1, -0.05) is 0 Å². The van der Waals surface area contributed by atoms with E-state index in [-0.39, 0.29) is 35.5 Å². The molecular weight excluding hydrogens is 425 g/mol. The number of pyridine rings is 2. The van der Waals surface area contributed by atoms with Gasteiger partial charge < -0.3 is 9.64 Å². The molecule has 3 aromatic heterocycles. The maximum absolute atomic E-state index is 13.5. The van der Waals surface area contributed by atoms with E-state index in [1.165, 1.54) is 23.3 Å². The number of hydrogen-bond acceptors (Lipinski definition) is 6. The normalized spacial score (nSPS) is 22.4. The summed E-state index contributed by atoms with van der Waals surface area (Å²) in [4.78, 5) is 24.8. The van der Waals surface area contributed by atoms with Crippen molar-refractivity contribution in [2.24, 2.45) is 5.92 Å². The Kier molecular flexibility index (Phi) is 4.83. The molecule has 32 heavy (non-hydrogen) atoms. The summed E-state index contributed by atoms with van der Waals surface area (Å²) in [6.07, 6.45) is 0.469. The number of likely N-dealkylation sites (tertiary alicyclic amines) is 1. The van der Waals surface area contributed by atoms with Gasteiger partial charge in [-0.2, -0.15) is 23.4 Å². The average Bonchev–Trinajstić information content (AvgIpc) is 3.50. The van der Waals surface area contributed by atoms with E-state index in [0.29, 0.717) is 24.3 Å². The van der Waals surface area contributed by atoms with Gasteiger partial charge in [0.1, 0.15) is 11.8 Å². The highest BCUT2D eigenvalue weighted by Gasteiger charge is 2.49. The zero-order chi connectivity index (χ0) is 22.5. The molecule has 4 heterocycles. The van der Waals surface area contributed by atoms with E-state index in [1.54, 1.807) is 24.0 Å². The molecule has 166 valence electrons. The van der Waals surface area contributed by atoms with Crippen molar-refractivity contribution < 1.29 is 22.7 Å². The van der Waals surface area contributed by atoms with Crippen molar-refractivity contribution in [2.75, 3.05) is 6.54 Å². The van der Waals surface area contributed by atoms with Crippen LogP contribution in [0, 0.1) is 12.8 Å². The number of carbonyl (C=O) groups is 1. The largest absolute Gasteiger partial charge is 0.472 e. The fourth-order valence-electron chi connectivity index (χ4n) is 4.44. The number of ether oxygens (including phenoxy) is 1. The van der Waals surface area contributed by atoms with Crippen molar-refractivity contribution in [3.63, 3.8) is 0 Å².